The molecule has 146 valence electrons. The summed E-state index contributed by atoms with van der Waals surface area (Å²) in [5.74, 6) is 0.671. The number of carbonyl (C=O) groups is 2. The summed E-state index contributed by atoms with van der Waals surface area (Å²) in [7, 11) is 1.59. The highest BCUT2D eigenvalue weighted by Gasteiger charge is 2.18. The minimum Gasteiger partial charge on any atom is -0.497 e. The SMILES string of the molecule is CCn1cc(NC(=O)c2ccc(COc3ccc(OC)cc3)o2)c(C(N)=O)n1. The number of rotatable bonds is 8. The molecule has 0 bridgehead atoms. The number of aryl methyl sites for hydroxylation is 1. The number of benzene rings is 1. The summed E-state index contributed by atoms with van der Waals surface area (Å²) in [5.41, 5.74) is 5.52. The van der Waals surface area contributed by atoms with Crippen LogP contribution in [0.2, 0.25) is 0 Å². The van der Waals surface area contributed by atoms with Crippen LogP contribution < -0.4 is 20.5 Å². The van der Waals surface area contributed by atoms with Gasteiger partial charge in [0.25, 0.3) is 11.8 Å². The molecule has 0 radical (unpaired) electrons. The first-order valence-corrected chi connectivity index (χ1v) is 8.54. The molecule has 3 N–H and O–H groups in total. The third kappa shape index (κ3) is 4.32. The molecule has 0 aliphatic carbocycles. The van der Waals surface area contributed by atoms with E-state index >= 15 is 0 Å². The number of furan rings is 1. The van der Waals surface area contributed by atoms with E-state index in [9.17, 15) is 9.59 Å². The molecule has 3 rings (SSSR count). The lowest BCUT2D eigenvalue weighted by Gasteiger charge is -2.05. The first-order chi connectivity index (χ1) is 13.5. The Morgan fingerprint density at radius 2 is 1.89 bits per heavy atom. The maximum Gasteiger partial charge on any atom is 0.291 e. The number of nitrogens with two attached hydrogens (primary N) is 1. The molecule has 0 saturated heterocycles. The van der Waals surface area contributed by atoms with Crippen LogP contribution in [0.15, 0.2) is 47.0 Å². The fourth-order valence-corrected chi connectivity index (χ4v) is 2.44. The number of primary amides is 1. The maximum atomic E-state index is 12.4. The first kappa shape index (κ1) is 19.0. The zero-order valence-corrected chi connectivity index (χ0v) is 15.5. The van der Waals surface area contributed by atoms with Crippen LogP contribution in [0.1, 0.15) is 33.7 Å². The Balaban J connectivity index is 1.63. The van der Waals surface area contributed by atoms with E-state index in [1.165, 1.54) is 16.9 Å². The lowest BCUT2D eigenvalue weighted by molar-refractivity contribution is 0.0992. The standard InChI is InChI=1S/C19H20N4O5/c1-3-23-10-15(17(22-23)18(20)24)21-19(25)16-9-8-14(28-16)11-27-13-6-4-12(26-2)5-7-13/h4-10H,3,11H2,1-2H3,(H2,20,24)(H,21,25). The number of nitrogens with zero attached hydrogens (tertiary/aromatic N) is 2. The molecule has 0 fully saturated rings. The molecule has 1 aromatic carbocycles. The van der Waals surface area contributed by atoms with Gasteiger partial charge in [0.1, 0.15) is 23.9 Å². The van der Waals surface area contributed by atoms with Crippen molar-refractivity contribution < 1.29 is 23.5 Å². The summed E-state index contributed by atoms with van der Waals surface area (Å²) in [6.45, 7) is 2.54. The van der Waals surface area contributed by atoms with E-state index in [0.717, 1.165) is 5.75 Å². The Bertz CT molecular complexity index is 975. The topological polar surface area (TPSA) is 122 Å². The van der Waals surface area contributed by atoms with Crippen LogP contribution >= 0.6 is 0 Å². The molecule has 9 nitrogen and oxygen atoms in total. The van der Waals surface area contributed by atoms with Crippen molar-refractivity contribution in [3.63, 3.8) is 0 Å². The van der Waals surface area contributed by atoms with Gasteiger partial charge in [-0.3, -0.25) is 14.3 Å². The molecular weight excluding hydrogens is 364 g/mol. The maximum absolute atomic E-state index is 12.4. The van der Waals surface area contributed by atoms with Crippen LogP contribution in [0.4, 0.5) is 5.69 Å². The molecule has 28 heavy (non-hydrogen) atoms. The van der Waals surface area contributed by atoms with Crippen molar-refractivity contribution in [3.05, 3.63) is 59.8 Å². The van der Waals surface area contributed by atoms with Gasteiger partial charge < -0.3 is 24.9 Å². The lowest BCUT2D eigenvalue weighted by Crippen LogP contribution is -2.17. The number of hydrogen-bond donors (Lipinski definition) is 2. The van der Waals surface area contributed by atoms with Gasteiger partial charge in [-0.1, -0.05) is 0 Å². The Morgan fingerprint density at radius 3 is 2.54 bits per heavy atom. The van der Waals surface area contributed by atoms with Gasteiger partial charge in [-0.05, 0) is 43.3 Å². The van der Waals surface area contributed by atoms with Crippen molar-refractivity contribution in [1.82, 2.24) is 9.78 Å². The van der Waals surface area contributed by atoms with Crippen molar-refractivity contribution >= 4 is 17.5 Å². The van der Waals surface area contributed by atoms with Crippen LogP contribution in [-0.2, 0) is 13.2 Å². The van der Waals surface area contributed by atoms with E-state index in [4.69, 9.17) is 19.6 Å². The fourth-order valence-electron chi connectivity index (χ4n) is 2.44. The van der Waals surface area contributed by atoms with E-state index < -0.39 is 11.8 Å². The van der Waals surface area contributed by atoms with Crippen molar-refractivity contribution in [1.29, 1.82) is 0 Å². The number of methoxy groups -OCH3 is 1. The predicted molar refractivity (Wildman–Crippen MR) is 100 cm³/mol. The molecule has 0 spiro atoms. The normalized spacial score (nSPS) is 10.5. The molecular formula is C19H20N4O5. The molecule has 0 unspecified atom stereocenters. The largest absolute Gasteiger partial charge is 0.497 e. The monoisotopic (exact) mass is 384 g/mol. The Morgan fingerprint density at radius 1 is 1.18 bits per heavy atom. The fraction of sp³-hybridized carbons (Fsp3) is 0.211. The van der Waals surface area contributed by atoms with Crippen LogP contribution in [0.3, 0.4) is 0 Å². The number of carbonyl (C=O) groups excluding carboxylic acids is 2. The minimum absolute atomic E-state index is 0.00943. The highest BCUT2D eigenvalue weighted by molar-refractivity contribution is 6.06. The molecule has 2 amide bonds. The molecule has 9 heteroatoms. The molecule has 0 aliphatic rings. The number of hydrogen-bond acceptors (Lipinski definition) is 6. The third-order valence-electron chi connectivity index (χ3n) is 3.89. The second-order valence-corrected chi connectivity index (χ2v) is 5.80. The number of anilines is 1. The van der Waals surface area contributed by atoms with Gasteiger partial charge in [-0.25, -0.2) is 0 Å². The number of amides is 2. The summed E-state index contributed by atoms with van der Waals surface area (Å²) >= 11 is 0. The summed E-state index contributed by atoms with van der Waals surface area (Å²) in [4.78, 5) is 23.9. The Hall–Kier alpha value is -3.75. The highest BCUT2D eigenvalue weighted by atomic mass is 16.5. The van der Waals surface area contributed by atoms with Crippen LogP contribution in [0.5, 0.6) is 11.5 Å². The average molecular weight is 384 g/mol. The number of ether oxygens (including phenoxy) is 2. The van der Waals surface area contributed by atoms with Gasteiger partial charge in [-0.2, -0.15) is 5.10 Å². The van der Waals surface area contributed by atoms with Crippen molar-refractivity contribution in [2.75, 3.05) is 12.4 Å². The van der Waals surface area contributed by atoms with Crippen molar-refractivity contribution in [3.8, 4) is 11.5 Å². The molecule has 0 atom stereocenters. The lowest BCUT2D eigenvalue weighted by atomic mass is 10.3. The van der Waals surface area contributed by atoms with Gasteiger partial charge in [0.2, 0.25) is 0 Å². The summed E-state index contributed by atoms with van der Waals surface area (Å²) in [5, 5.41) is 6.61. The molecule has 3 aromatic rings. The second kappa shape index (κ2) is 8.30. The van der Waals surface area contributed by atoms with Gasteiger partial charge in [-0.15, -0.1) is 0 Å². The first-order valence-electron chi connectivity index (χ1n) is 8.54. The molecule has 2 heterocycles. The van der Waals surface area contributed by atoms with Gasteiger partial charge in [0.15, 0.2) is 11.5 Å². The van der Waals surface area contributed by atoms with Gasteiger partial charge >= 0.3 is 0 Å². The number of nitrogens with one attached hydrogen (secondary N) is 1. The number of aromatic nitrogens is 2. The quantitative estimate of drug-likeness (QED) is 0.615. The van der Waals surface area contributed by atoms with E-state index in [-0.39, 0.29) is 23.7 Å². The van der Waals surface area contributed by atoms with Gasteiger partial charge in [0.05, 0.1) is 12.8 Å². The second-order valence-electron chi connectivity index (χ2n) is 5.80. The molecule has 0 aliphatic heterocycles. The van der Waals surface area contributed by atoms with E-state index in [1.54, 1.807) is 37.4 Å². The molecule has 2 aromatic heterocycles. The zero-order chi connectivity index (χ0) is 20.1. The van der Waals surface area contributed by atoms with Crippen molar-refractivity contribution in [2.24, 2.45) is 5.73 Å². The van der Waals surface area contributed by atoms with E-state index in [2.05, 4.69) is 10.4 Å². The van der Waals surface area contributed by atoms with Gasteiger partial charge in [0, 0.05) is 12.7 Å². The minimum atomic E-state index is -0.726. The Kier molecular flexibility index (Phi) is 5.64. The van der Waals surface area contributed by atoms with Crippen LogP contribution in [0.25, 0.3) is 0 Å². The third-order valence-corrected chi connectivity index (χ3v) is 3.89. The zero-order valence-electron chi connectivity index (χ0n) is 15.5. The summed E-state index contributed by atoms with van der Waals surface area (Å²) in [6.07, 6.45) is 1.54. The smallest absolute Gasteiger partial charge is 0.291 e. The predicted octanol–water partition coefficient (Wildman–Crippen LogP) is 2.43. The highest BCUT2D eigenvalue weighted by Crippen LogP contribution is 2.20. The van der Waals surface area contributed by atoms with Crippen molar-refractivity contribution in [2.45, 2.75) is 20.1 Å². The summed E-state index contributed by atoms with van der Waals surface area (Å²) < 4.78 is 17.7. The van der Waals surface area contributed by atoms with Crippen LogP contribution in [0, 0.1) is 0 Å². The van der Waals surface area contributed by atoms with E-state index in [0.29, 0.717) is 18.1 Å². The van der Waals surface area contributed by atoms with Crippen LogP contribution in [-0.4, -0.2) is 28.7 Å². The summed E-state index contributed by atoms with van der Waals surface area (Å²) in [6, 6.07) is 10.3. The Labute approximate surface area is 161 Å². The average Bonchev–Trinajstić information content (AvgIpc) is 3.33. The molecule has 0 saturated carbocycles. The van der Waals surface area contributed by atoms with E-state index in [1.807, 2.05) is 6.92 Å².